The van der Waals surface area contributed by atoms with E-state index < -0.39 is 0 Å². The fraction of sp³-hybridized carbons (Fsp3) is 0.895. The molecule has 1 unspecified atom stereocenters. The summed E-state index contributed by atoms with van der Waals surface area (Å²) in [6.07, 6.45) is 18.0. The number of piperidine rings is 1. The smallest absolute Gasteiger partial charge is 0.0466 e. The van der Waals surface area contributed by atoms with Crippen LogP contribution in [0.15, 0.2) is 11.6 Å². The molecule has 1 saturated carbocycles. The molecule has 1 aliphatic heterocycles. The van der Waals surface area contributed by atoms with Crippen molar-refractivity contribution in [3.05, 3.63) is 11.6 Å². The van der Waals surface area contributed by atoms with Crippen molar-refractivity contribution in [1.29, 1.82) is 0 Å². The molecule has 0 aromatic heterocycles. The number of hydrogen-bond donors (Lipinski definition) is 1. The molecule has 0 aromatic carbocycles. The van der Waals surface area contributed by atoms with Gasteiger partial charge in [-0.25, -0.2) is 0 Å². The first kappa shape index (κ1) is 15.6. The SMILES string of the molecule is CCNC(C1=CCCCC1)C1(N2CCCCC2)CCCC1. The number of allylic oxidation sites excluding steroid dienone is 1. The maximum absolute atomic E-state index is 3.92. The van der Waals surface area contributed by atoms with E-state index in [0.717, 1.165) is 6.54 Å². The largest absolute Gasteiger partial charge is 0.309 e. The molecule has 0 radical (unpaired) electrons. The van der Waals surface area contributed by atoms with Crippen LogP contribution in [-0.4, -0.2) is 36.1 Å². The topological polar surface area (TPSA) is 15.3 Å². The molecule has 3 rings (SSSR count). The van der Waals surface area contributed by atoms with Crippen LogP contribution in [0.25, 0.3) is 0 Å². The summed E-state index contributed by atoms with van der Waals surface area (Å²) in [5.74, 6) is 0. The molecule has 0 amide bonds. The molecule has 2 fully saturated rings. The summed E-state index contributed by atoms with van der Waals surface area (Å²) in [4.78, 5) is 2.90. The van der Waals surface area contributed by atoms with Gasteiger partial charge in [-0.05, 0) is 71.0 Å². The highest BCUT2D eigenvalue weighted by Gasteiger charge is 2.46. The quantitative estimate of drug-likeness (QED) is 0.761. The summed E-state index contributed by atoms with van der Waals surface area (Å²) in [6.45, 7) is 6.08. The first-order chi connectivity index (χ1) is 10.4. The van der Waals surface area contributed by atoms with Gasteiger partial charge in [0, 0.05) is 11.6 Å². The Labute approximate surface area is 131 Å². The summed E-state index contributed by atoms with van der Waals surface area (Å²) < 4.78 is 0. The van der Waals surface area contributed by atoms with E-state index in [1.807, 2.05) is 0 Å². The Kier molecular flexibility index (Phi) is 5.39. The molecule has 2 aliphatic carbocycles. The van der Waals surface area contributed by atoms with E-state index in [2.05, 4.69) is 23.2 Å². The second-order valence-corrected chi connectivity index (χ2v) is 7.37. The predicted molar refractivity (Wildman–Crippen MR) is 90.6 cm³/mol. The average Bonchev–Trinajstić information content (AvgIpc) is 3.05. The molecular formula is C19H34N2. The summed E-state index contributed by atoms with van der Waals surface area (Å²) in [6, 6.07) is 0.628. The molecule has 2 nitrogen and oxygen atoms in total. The first-order valence-corrected chi connectivity index (χ1v) is 9.54. The standard InChI is InChI=1S/C19H34N2/c1-2-20-18(17-11-5-3-6-12-17)19(13-7-8-14-19)21-15-9-4-10-16-21/h11,18,20H,2-10,12-16H2,1H3. The highest BCUT2D eigenvalue weighted by molar-refractivity contribution is 5.23. The lowest BCUT2D eigenvalue weighted by Gasteiger charge is -2.50. The number of nitrogens with one attached hydrogen (secondary N) is 1. The minimum atomic E-state index is 0.444. The van der Waals surface area contributed by atoms with Gasteiger partial charge < -0.3 is 5.32 Å². The molecule has 0 aromatic rings. The second kappa shape index (κ2) is 7.28. The Balaban J connectivity index is 1.86. The minimum absolute atomic E-state index is 0.444. The van der Waals surface area contributed by atoms with E-state index in [0.29, 0.717) is 11.6 Å². The molecule has 0 spiro atoms. The lowest BCUT2D eigenvalue weighted by molar-refractivity contribution is 0.0461. The monoisotopic (exact) mass is 290 g/mol. The first-order valence-electron chi connectivity index (χ1n) is 9.54. The van der Waals surface area contributed by atoms with Crippen molar-refractivity contribution in [3.63, 3.8) is 0 Å². The van der Waals surface area contributed by atoms with Crippen molar-refractivity contribution in [2.24, 2.45) is 0 Å². The van der Waals surface area contributed by atoms with Crippen LogP contribution in [0.2, 0.25) is 0 Å². The van der Waals surface area contributed by atoms with Crippen LogP contribution < -0.4 is 5.32 Å². The van der Waals surface area contributed by atoms with Crippen LogP contribution in [0.3, 0.4) is 0 Å². The molecule has 3 aliphatic rings. The fourth-order valence-electron chi connectivity index (χ4n) is 5.11. The van der Waals surface area contributed by atoms with Gasteiger partial charge in [0.05, 0.1) is 0 Å². The predicted octanol–water partition coefficient (Wildman–Crippen LogP) is 4.26. The minimum Gasteiger partial charge on any atom is -0.309 e. The van der Waals surface area contributed by atoms with Gasteiger partial charge in [-0.1, -0.05) is 37.8 Å². The normalized spacial score (nSPS) is 28.3. The third-order valence-corrected chi connectivity index (χ3v) is 6.10. The van der Waals surface area contributed by atoms with Crippen molar-refractivity contribution in [3.8, 4) is 0 Å². The lowest BCUT2D eigenvalue weighted by Crippen LogP contribution is -2.61. The lowest BCUT2D eigenvalue weighted by atomic mass is 9.77. The van der Waals surface area contributed by atoms with Gasteiger partial charge in [0.15, 0.2) is 0 Å². The van der Waals surface area contributed by atoms with E-state index in [-0.39, 0.29) is 0 Å². The number of rotatable bonds is 5. The number of hydrogen-bond acceptors (Lipinski definition) is 2. The average molecular weight is 290 g/mol. The van der Waals surface area contributed by atoms with Crippen LogP contribution in [0.4, 0.5) is 0 Å². The van der Waals surface area contributed by atoms with Gasteiger partial charge in [-0.15, -0.1) is 0 Å². The molecule has 0 bridgehead atoms. The Morgan fingerprint density at radius 2 is 1.81 bits per heavy atom. The van der Waals surface area contributed by atoms with Gasteiger partial charge in [-0.3, -0.25) is 4.90 Å². The number of likely N-dealkylation sites (tertiary alicyclic amines) is 1. The highest BCUT2D eigenvalue weighted by Crippen LogP contribution is 2.43. The second-order valence-electron chi connectivity index (χ2n) is 7.37. The van der Waals surface area contributed by atoms with Crippen molar-refractivity contribution in [2.45, 2.75) is 89.1 Å². The molecule has 2 heteroatoms. The van der Waals surface area contributed by atoms with Crippen LogP contribution in [-0.2, 0) is 0 Å². The van der Waals surface area contributed by atoms with Crippen LogP contribution in [0.1, 0.15) is 77.6 Å². The van der Waals surface area contributed by atoms with Crippen molar-refractivity contribution in [1.82, 2.24) is 10.2 Å². The zero-order chi connectivity index (χ0) is 14.5. The van der Waals surface area contributed by atoms with E-state index >= 15 is 0 Å². The molecule has 1 saturated heterocycles. The molecule has 21 heavy (non-hydrogen) atoms. The maximum atomic E-state index is 3.92. The fourth-order valence-corrected chi connectivity index (χ4v) is 5.11. The van der Waals surface area contributed by atoms with E-state index in [9.17, 15) is 0 Å². The third-order valence-electron chi connectivity index (χ3n) is 6.10. The van der Waals surface area contributed by atoms with Gasteiger partial charge >= 0.3 is 0 Å². The number of likely N-dealkylation sites (N-methyl/N-ethyl adjacent to an activating group) is 1. The zero-order valence-corrected chi connectivity index (χ0v) is 14.0. The van der Waals surface area contributed by atoms with Gasteiger partial charge in [0.2, 0.25) is 0 Å². The summed E-state index contributed by atoms with van der Waals surface area (Å²) in [5, 5.41) is 3.92. The van der Waals surface area contributed by atoms with Gasteiger partial charge in [0.1, 0.15) is 0 Å². The Hall–Kier alpha value is -0.340. The molecule has 120 valence electrons. The highest BCUT2D eigenvalue weighted by atomic mass is 15.2. The molecule has 1 N–H and O–H groups in total. The van der Waals surface area contributed by atoms with Crippen molar-refractivity contribution >= 4 is 0 Å². The Bertz CT molecular complexity index is 349. The summed E-state index contributed by atoms with van der Waals surface area (Å²) in [7, 11) is 0. The van der Waals surface area contributed by atoms with Crippen LogP contribution in [0, 0.1) is 0 Å². The van der Waals surface area contributed by atoms with Crippen molar-refractivity contribution in [2.75, 3.05) is 19.6 Å². The van der Waals surface area contributed by atoms with Crippen LogP contribution in [0.5, 0.6) is 0 Å². The summed E-state index contributed by atoms with van der Waals surface area (Å²) >= 11 is 0. The van der Waals surface area contributed by atoms with E-state index in [1.165, 1.54) is 83.7 Å². The molecule has 1 heterocycles. The summed E-state index contributed by atoms with van der Waals surface area (Å²) in [5.41, 5.74) is 2.19. The van der Waals surface area contributed by atoms with Crippen LogP contribution >= 0.6 is 0 Å². The Morgan fingerprint density at radius 1 is 1.05 bits per heavy atom. The van der Waals surface area contributed by atoms with Gasteiger partial charge in [-0.2, -0.15) is 0 Å². The number of nitrogens with zero attached hydrogens (tertiary/aromatic N) is 1. The molecule has 1 atom stereocenters. The zero-order valence-electron chi connectivity index (χ0n) is 14.0. The van der Waals surface area contributed by atoms with E-state index in [4.69, 9.17) is 0 Å². The Morgan fingerprint density at radius 3 is 2.43 bits per heavy atom. The van der Waals surface area contributed by atoms with Gasteiger partial charge in [0.25, 0.3) is 0 Å². The molecular weight excluding hydrogens is 256 g/mol. The maximum Gasteiger partial charge on any atom is 0.0466 e. The van der Waals surface area contributed by atoms with Crippen molar-refractivity contribution < 1.29 is 0 Å². The van der Waals surface area contributed by atoms with E-state index in [1.54, 1.807) is 5.57 Å². The third kappa shape index (κ3) is 3.22.